The number of unbranched alkanes of at least 4 members (excludes halogenated alkanes) is 3. The molecule has 0 spiro atoms. The number of ether oxygens (including phenoxy) is 1. The number of esters is 1. The Kier molecular flexibility index (Phi) is 5.82. The summed E-state index contributed by atoms with van der Waals surface area (Å²) < 4.78 is 4.75. The van der Waals surface area contributed by atoms with Crippen LogP contribution < -0.4 is 5.32 Å². The Morgan fingerprint density at radius 1 is 1.17 bits per heavy atom. The van der Waals surface area contributed by atoms with Crippen LogP contribution in [0.5, 0.6) is 0 Å². The summed E-state index contributed by atoms with van der Waals surface area (Å²) in [6.07, 6.45) is 4.42. The van der Waals surface area contributed by atoms with Crippen LogP contribution >= 0.6 is 0 Å². The fraction of sp³-hybridized carbons (Fsp3) is 0.769. The lowest BCUT2D eigenvalue weighted by atomic mass is 10.1. The molecule has 0 radical (unpaired) electrons. The van der Waals surface area contributed by atoms with Gasteiger partial charge in [-0.25, -0.2) is 4.79 Å². The molecule has 2 atom stereocenters. The van der Waals surface area contributed by atoms with Crippen LogP contribution in [-0.4, -0.2) is 29.8 Å². The van der Waals surface area contributed by atoms with Gasteiger partial charge in [-0.1, -0.05) is 12.8 Å². The summed E-state index contributed by atoms with van der Waals surface area (Å²) in [4.78, 5) is 33.2. The van der Waals surface area contributed by atoms with Crippen molar-refractivity contribution in [2.75, 3.05) is 0 Å². The van der Waals surface area contributed by atoms with E-state index in [1.807, 2.05) is 0 Å². The van der Waals surface area contributed by atoms with Crippen LogP contribution in [0.4, 0.5) is 0 Å². The number of hydrogen-bond donors (Lipinski definition) is 1. The molecule has 1 aliphatic heterocycles. The van der Waals surface area contributed by atoms with Gasteiger partial charge in [0.25, 0.3) is 0 Å². The second-order valence-corrected chi connectivity index (χ2v) is 4.80. The van der Waals surface area contributed by atoms with Crippen LogP contribution in [0.2, 0.25) is 0 Å². The zero-order valence-corrected chi connectivity index (χ0v) is 11.0. The average molecular weight is 255 g/mol. The van der Waals surface area contributed by atoms with E-state index in [1.165, 1.54) is 0 Å². The van der Waals surface area contributed by atoms with Gasteiger partial charge in [-0.15, -0.1) is 0 Å². The molecule has 1 amide bonds. The number of ketones is 1. The molecule has 0 unspecified atom stereocenters. The zero-order valence-electron chi connectivity index (χ0n) is 11.0. The van der Waals surface area contributed by atoms with Gasteiger partial charge in [0.05, 0.1) is 0 Å². The minimum Gasteiger partial charge on any atom is -0.458 e. The maximum absolute atomic E-state index is 11.5. The van der Waals surface area contributed by atoms with Gasteiger partial charge in [0.2, 0.25) is 5.91 Å². The largest absolute Gasteiger partial charge is 0.458 e. The van der Waals surface area contributed by atoms with E-state index in [1.54, 1.807) is 13.8 Å². The minimum absolute atomic E-state index is 0.102. The number of Topliss-reactive ketones (excluding diaryl/α,β-unsaturated/α-hetero) is 1. The van der Waals surface area contributed by atoms with Crippen molar-refractivity contribution in [1.82, 2.24) is 5.32 Å². The van der Waals surface area contributed by atoms with Crippen molar-refractivity contribution in [2.45, 2.75) is 64.5 Å². The Morgan fingerprint density at radius 3 is 2.28 bits per heavy atom. The molecular formula is C13H21NO4. The Morgan fingerprint density at radius 2 is 1.78 bits per heavy atom. The number of rotatable bonds is 8. The van der Waals surface area contributed by atoms with E-state index in [-0.39, 0.29) is 23.8 Å². The molecule has 0 saturated carbocycles. The third-order valence-electron chi connectivity index (χ3n) is 3.02. The Labute approximate surface area is 107 Å². The van der Waals surface area contributed by atoms with Crippen LogP contribution in [0.15, 0.2) is 0 Å². The number of cyclic esters (lactones) is 1. The molecule has 0 aromatic heterocycles. The third-order valence-corrected chi connectivity index (χ3v) is 3.02. The summed E-state index contributed by atoms with van der Waals surface area (Å²) >= 11 is 0. The molecule has 1 rings (SSSR count). The van der Waals surface area contributed by atoms with Gasteiger partial charge >= 0.3 is 5.97 Å². The van der Waals surface area contributed by atoms with E-state index < -0.39 is 6.04 Å². The molecule has 1 fully saturated rings. The lowest BCUT2D eigenvalue weighted by Crippen LogP contribution is -2.58. The van der Waals surface area contributed by atoms with Crippen LogP contribution in [0, 0.1) is 0 Å². The third kappa shape index (κ3) is 4.85. The molecule has 5 heteroatoms. The van der Waals surface area contributed by atoms with E-state index in [0.717, 1.165) is 25.7 Å². The number of carbonyl (C=O) groups is 3. The van der Waals surface area contributed by atoms with Gasteiger partial charge in [0.1, 0.15) is 11.9 Å². The molecule has 0 aliphatic carbocycles. The van der Waals surface area contributed by atoms with E-state index >= 15 is 0 Å². The molecule has 1 aliphatic rings. The standard InChI is InChI=1S/C13H21NO4/c1-9(15)7-5-3-4-6-8-11(16)14-12-10(2)18-13(12)17/h10,12H,3-8H2,1-2H3,(H,14,16)/t10-,12+/m0/s1. The Balaban J connectivity index is 2.00. The number of amides is 1. The fourth-order valence-corrected chi connectivity index (χ4v) is 1.88. The molecule has 5 nitrogen and oxygen atoms in total. The molecule has 0 aromatic rings. The first-order valence-corrected chi connectivity index (χ1v) is 6.50. The highest BCUT2D eigenvalue weighted by atomic mass is 16.6. The predicted molar refractivity (Wildman–Crippen MR) is 65.9 cm³/mol. The molecule has 0 aromatic carbocycles. The van der Waals surface area contributed by atoms with Crippen LogP contribution in [-0.2, 0) is 19.1 Å². The minimum atomic E-state index is -0.463. The van der Waals surface area contributed by atoms with E-state index in [9.17, 15) is 14.4 Å². The maximum Gasteiger partial charge on any atom is 0.332 e. The quantitative estimate of drug-likeness (QED) is 0.525. The maximum atomic E-state index is 11.5. The van der Waals surface area contributed by atoms with Crippen LogP contribution in [0.25, 0.3) is 0 Å². The molecular weight excluding hydrogens is 234 g/mol. The van der Waals surface area contributed by atoms with E-state index in [0.29, 0.717) is 12.8 Å². The average Bonchev–Trinajstić information content (AvgIpc) is 2.30. The highest BCUT2D eigenvalue weighted by Crippen LogP contribution is 2.14. The van der Waals surface area contributed by atoms with Gasteiger partial charge in [0, 0.05) is 12.8 Å². The molecule has 18 heavy (non-hydrogen) atoms. The zero-order chi connectivity index (χ0) is 13.5. The van der Waals surface area contributed by atoms with Crippen molar-refractivity contribution in [1.29, 1.82) is 0 Å². The monoisotopic (exact) mass is 255 g/mol. The highest BCUT2D eigenvalue weighted by molar-refractivity contribution is 5.88. The molecule has 0 bridgehead atoms. The molecule has 1 heterocycles. The molecule has 1 saturated heterocycles. The van der Waals surface area contributed by atoms with Crippen molar-refractivity contribution >= 4 is 17.7 Å². The van der Waals surface area contributed by atoms with Gasteiger partial charge in [0.15, 0.2) is 6.04 Å². The first kappa shape index (κ1) is 14.7. The first-order chi connectivity index (χ1) is 8.50. The SMILES string of the molecule is CC(=O)CCCCCCC(=O)N[C@H]1C(=O)O[C@H]1C. The topological polar surface area (TPSA) is 72.5 Å². The number of carbonyl (C=O) groups excluding carboxylic acids is 3. The number of nitrogens with one attached hydrogen (secondary N) is 1. The molecule has 1 N–H and O–H groups in total. The van der Waals surface area contributed by atoms with Gasteiger partial charge in [-0.05, 0) is 26.7 Å². The number of hydrogen-bond acceptors (Lipinski definition) is 4. The van der Waals surface area contributed by atoms with Gasteiger partial charge in [-0.2, -0.15) is 0 Å². The Bertz CT molecular complexity index is 327. The summed E-state index contributed by atoms with van der Waals surface area (Å²) in [5.74, 6) is -0.238. The summed E-state index contributed by atoms with van der Waals surface area (Å²) in [5.41, 5.74) is 0. The van der Waals surface area contributed by atoms with Gasteiger partial charge in [-0.3, -0.25) is 4.79 Å². The smallest absolute Gasteiger partial charge is 0.332 e. The van der Waals surface area contributed by atoms with Crippen molar-refractivity contribution in [3.63, 3.8) is 0 Å². The molecule has 102 valence electrons. The van der Waals surface area contributed by atoms with E-state index in [2.05, 4.69) is 5.32 Å². The van der Waals surface area contributed by atoms with Crippen molar-refractivity contribution in [3.8, 4) is 0 Å². The summed E-state index contributed by atoms with van der Waals surface area (Å²) in [5, 5.41) is 2.66. The van der Waals surface area contributed by atoms with Gasteiger partial charge < -0.3 is 14.8 Å². The van der Waals surface area contributed by atoms with Crippen LogP contribution in [0.3, 0.4) is 0 Å². The first-order valence-electron chi connectivity index (χ1n) is 6.50. The Hall–Kier alpha value is -1.39. The predicted octanol–water partition coefficient (Wildman–Crippen LogP) is 1.35. The lowest BCUT2D eigenvalue weighted by molar-refractivity contribution is -0.176. The fourth-order valence-electron chi connectivity index (χ4n) is 1.88. The lowest BCUT2D eigenvalue weighted by Gasteiger charge is -2.32. The van der Waals surface area contributed by atoms with Crippen molar-refractivity contribution in [2.24, 2.45) is 0 Å². The second kappa shape index (κ2) is 7.13. The van der Waals surface area contributed by atoms with Crippen molar-refractivity contribution < 1.29 is 19.1 Å². The van der Waals surface area contributed by atoms with E-state index in [4.69, 9.17) is 4.74 Å². The summed E-state index contributed by atoms with van der Waals surface area (Å²) in [6.45, 7) is 3.35. The highest BCUT2D eigenvalue weighted by Gasteiger charge is 2.39. The second-order valence-electron chi connectivity index (χ2n) is 4.80. The summed E-state index contributed by atoms with van der Waals surface area (Å²) in [7, 11) is 0. The normalized spacial score (nSPS) is 22.0. The van der Waals surface area contributed by atoms with Crippen LogP contribution in [0.1, 0.15) is 52.4 Å². The summed E-state index contributed by atoms with van der Waals surface area (Å²) in [6, 6.07) is -0.463. The van der Waals surface area contributed by atoms with Crippen molar-refractivity contribution in [3.05, 3.63) is 0 Å².